The number of aromatic nitrogens is 1. The molecule has 216 valence electrons. The highest BCUT2D eigenvalue weighted by Gasteiger charge is 2.24. The van der Waals surface area contributed by atoms with Crippen LogP contribution in [0.1, 0.15) is 84.9 Å². The van der Waals surface area contributed by atoms with E-state index in [0.717, 1.165) is 36.9 Å². The number of benzene rings is 5. The van der Waals surface area contributed by atoms with E-state index in [0.29, 0.717) is 5.56 Å². The van der Waals surface area contributed by atoms with E-state index >= 15 is 0 Å². The van der Waals surface area contributed by atoms with E-state index in [9.17, 15) is 0 Å². The summed E-state index contributed by atoms with van der Waals surface area (Å²) in [7, 11) is 0. The van der Waals surface area contributed by atoms with Crippen LogP contribution in [0.2, 0.25) is 0 Å². The van der Waals surface area contributed by atoms with Crippen LogP contribution >= 0.6 is 11.3 Å². The van der Waals surface area contributed by atoms with Crippen molar-refractivity contribution in [3.63, 3.8) is 0 Å². The van der Waals surface area contributed by atoms with E-state index in [1.165, 1.54) is 27.5 Å². The minimum Gasteiger partial charge on any atom is -0.309 e. The molecule has 0 radical (unpaired) electrons. The van der Waals surface area contributed by atoms with Crippen molar-refractivity contribution >= 4 is 53.3 Å². The molecular formula is C41H41NS. The van der Waals surface area contributed by atoms with Gasteiger partial charge in [0.25, 0.3) is 0 Å². The van der Waals surface area contributed by atoms with Crippen molar-refractivity contribution < 1.29 is 6.85 Å². The summed E-state index contributed by atoms with van der Waals surface area (Å²) in [5.41, 5.74) is 8.07. The third-order valence-corrected chi connectivity index (χ3v) is 9.89. The molecule has 7 aromatic rings. The Bertz CT molecular complexity index is 2350. The summed E-state index contributed by atoms with van der Waals surface area (Å²) < 4.78 is 47.2. The lowest BCUT2D eigenvalue weighted by Gasteiger charge is -2.20. The Labute approximate surface area is 266 Å². The van der Waals surface area contributed by atoms with Crippen LogP contribution < -0.4 is 0 Å². The Balaban J connectivity index is 1.64. The first-order chi connectivity index (χ1) is 22.5. The molecule has 0 saturated carbocycles. The van der Waals surface area contributed by atoms with E-state index in [4.69, 9.17) is 6.85 Å². The van der Waals surface area contributed by atoms with Crippen LogP contribution in [-0.4, -0.2) is 4.57 Å². The fraction of sp³-hybridized carbons (Fsp3) is 0.268. The zero-order chi connectivity index (χ0) is 34.6. The van der Waals surface area contributed by atoms with Gasteiger partial charge in [-0.15, -0.1) is 11.3 Å². The van der Waals surface area contributed by atoms with Gasteiger partial charge in [0, 0.05) is 30.9 Å². The van der Waals surface area contributed by atoms with Gasteiger partial charge in [-0.3, -0.25) is 0 Å². The molecule has 0 aliphatic heterocycles. The second kappa shape index (κ2) is 9.82. The molecule has 0 unspecified atom stereocenters. The van der Waals surface area contributed by atoms with Crippen molar-refractivity contribution in [2.45, 2.75) is 72.1 Å². The number of fused-ring (bicyclic) bond motifs is 6. The van der Waals surface area contributed by atoms with Crippen LogP contribution in [0.4, 0.5) is 0 Å². The predicted octanol–water partition coefficient (Wildman–Crippen LogP) is 12.5. The van der Waals surface area contributed by atoms with Gasteiger partial charge in [-0.25, -0.2) is 0 Å². The second-order valence-electron chi connectivity index (χ2n) is 14.1. The predicted molar refractivity (Wildman–Crippen MR) is 191 cm³/mol. The zero-order valence-electron chi connectivity index (χ0n) is 31.3. The first kappa shape index (κ1) is 22.6. The third kappa shape index (κ3) is 4.50. The molecule has 0 N–H and O–H groups in total. The number of hydrogen-bond acceptors (Lipinski definition) is 1. The van der Waals surface area contributed by atoms with E-state index in [-0.39, 0.29) is 52.5 Å². The first-order valence-electron chi connectivity index (χ1n) is 17.7. The monoisotopic (exact) mass is 584 g/mol. The third-order valence-electron chi connectivity index (χ3n) is 8.77. The minimum atomic E-state index is -0.378. The lowest BCUT2D eigenvalue weighted by atomic mass is 9.85. The minimum absolute atomic E-state index is 0.00163. The average Bonchev–Trinajstić information content (AvgIpc) is 3.57. The Morgan fingerprint density at radius 2 is 1.26 bits per heavy atom. The number of nitrogens with zero attached hydrogens (tertiary/aromatic N) is 1. The molecule has 1 nitrogen and oxygen atoms in total. The maximum atomic E-state index is 8.83. The van der Waals surface area contributed by atoms with Crippen molar-refractivity contribution in [1.29, 1.82) is 0 Å². The SMILES string of the molecule is [2H]c1c([2H])c([2H])c(-c2cccc3sc4ccc(-n5c6ccc(C(C)(C)C)cc6c6cc(C(C)(C)C)ccc65)c(C(C)C)c4c23)c([2H])c1[2H]. The molecule has 2 heteroatoms. The molecule has 2 heterocycles. The Morgan fingerprint density at radius 1 is 0.674 bits per heavy atom. The van der Waals surface area contributed by atoms with Gasteiger partial charge in [0.05, 0.1) is 23.6 Å². The molecule has 0 aliphatic rings. The summed E-state index contributed by atoms with van der Waals surface area (Å²) in [6.07, 6.45) is 0. The van der Waals surface area contributed by atoms with Crippen LogP contribution in [0, 0.1) is 0 Å². The highest BCUT2D eigenvalue weighted by Crippen LogP contribution is 2.46. The molecule has 7 rings (SSSR count). The molecule has 0 spiro atoms. The van der Waals surface area contributed by atoms with Gasteiger partial charge in [0.1, 0.15) is 0 Å². The van der Waals surface area contributed by atoms with Gasteiger partial charge in [-0.05, 0) is 87.0 Å². The highest BCUT2D eigenvalue weighted by atomic mass is 32.1. The normalized spacial score (nSPS) is 14.5. The van der Waals surface area contributed by atoms with Crippen molar-refractivity contribution in [2.24, 2.45) is 0 Å². The number of thiophene rings is 1. The van der Waals surface area contributed by atoms with Crippen LogP contribution in [0.5, 0.6) is 0 Å². The Kier molecular flexibility index (Phi) is 5.17. The molecule has 5 aromatic carbocycles. The average molecular weight is 585 g/mol. The lowest BCUT2D eigenvalue weighted by Crippen LogP contribution is -2.10. The molecule has 43 heavy (non-hydrogen) atoms. The summed E-state index contributed by atoms with van der Waals surface area (Å²) in [6.45, 7) is 18.0. The molecule has 2 aromatic heterocycles. The van der Waals surface area contributed by atoms with Gasteiger partial charge in [0.2, 0.25) is 0 Å². The molecule has 0 fully saturated rings. The number of rotatable bonds is 3. The van der Waals surface area contributed by atoms with Crippen LogP contribution in [0.25, 0.3) is 58.8 Å². The largest absolute Gasteiger partial charge is 0.309 e. The summed E-state index contributed by atoms with van der Waals surface area (Å²) in [6, 6.07) is 22.8. The quantitative estimate of drug-likeness (QED) is 0.195. The summed E-state index contributed by atoms with van der Waals surface area (Å²) in [5, 5.41) is 4.48. The molecule has 0 saturated heterocycles. The number of hydrogen-bond donors (Lipinski definition) is 0. The first-order valence-corrected chi connectivity index (χ1v) is 16.0. The highest BCUT2D eigenvalue weighted by molar-refractivity contribution is 7.26. The zero-order valence-corrected chi connectivity index (χ0v) is 27.1. The molecular weight excluding hydrogens is 539 g/mol. The summed E-state index contributed by atoms with van der Waals surface area (Å²) >= 11 is 1.69. The fourth-order valence-corrected chi connectivity index (χ4v) is 7.66. The van der Waals surface area contributed by atoms with Gasteiger partial charge < -0.3 is 4.57 Å². The summed E-state index contributed by atoms with van der Waals surface area (Å²) in [5.74, 6) is 0.129. The topological polar surface area (TPSA) is 4.93 Å². The molecule has 0 atom stereocenters. The fourth-order valence-electron chi connectivity index (χ4n) is 6.51. The Hall–Kier alpha value is -3.88. The second-order valence-corrected chi connectivity index (χ2v) is 15.2. The maximum absolute atomic E-state index is 8.83. The van der Waals surface area contributed by atoms with Crippen molar-refractivity contribution in [1.82, 2.24) is 4.57 Å². The molecule has 0 amide bonds. The van der Waals surface area contributed by atoms with Gasteiger partial charge in [-0.1, -0.05) is 110 Å². The Morgan fingerprint density at radius 3 is 1.81 bits per heavy atom. The van der Waals surface area contributed by atoms with E-state index < -0.39 is 0 Å². The van der Waals surface area contributed by atoms with Crippen molar-refractivity contribution in [3.05, 3.63) is 114 Å². The van der Waals surface area contributed by atoms with Crippen LogP contribution in [0.3, 0.4) is 0 Å². The van der Waals surface area contributed by atoms with Gasteiger partial charge in [-0.2, -0.15) is 0 Å². The van der Waals surface area contributed by atoms with Crippen LogP contribution in [0.15, 0.2) is 96.9 Å². The summed E-state index contributed by atoms with van der Waals surface area (Å²) in [4.78, 5) is 0. The van der Waals surface area contributed by atoms with E-state index in [1.807, 2.05) is 12.1 Å². The smallest absolute Gasteiger partial charge is 0.0629 e. The molecule has 0 bridgehead atoms. The van der Waals surface area contributed by atoms with E-state index in [1.54, 1.807) is 11.3 Å². The van der Waals surface area contributed by atoms with Gasteiger partial charge in [0.15, 0.2) is 0 Å². The lowest BCUT2D eigenvalue weighted by molar-refractivity contribution is 0.590. The van der Waals surface area contributed by atoms with Crippen LogP contribution in [-0.2, 0) is 10.8 Å². The van der Waals surface area contributed by atoms with Crippen molar-refractivity contribution in [3.8, 4) is 16.8 Å². The van der Waals surface area contributed by atoms with Crippen molar-refractivity contribution in [2.75, 3.05) is 0 Å². The standard InChI is InChI=1S/C41H41NS/c1-25(2)37-34(21-22-36-39(37)38-29(15-12-16-35(38)43-36)26-13-10-9-11-14-26)42-32-19-17-27(40(3,4)5)23-30(32)31-24-28(41(6,7)8)18-20-33(31)42/h9-25H,1-8H3/i9D,10D,11D,13D,14D. The molecule has 0 aliphatic carbocycles. The maximum Gasteiger partial charge on any atom is 0.0629 e. The van der Waals surface area contributed by atoms with Gasteiger partial charge >= 0.3 is 0 Å². The van der Waals surface area contributed by atoms with E-state index in [2.05, 4.69) is 115 Å².